The maximum absolute atomic E-state index is 12.2. The lowest BCUT2D eigenvalue weighted by molar-refractivity contribution is -0.126. The van der Waals surface area contributed by atoms with E-state index in [1.54, 1.807) is 18.3 Å². The number of carbonyl (C=O) groups excluding carboxylic acids is 1. The van der Waals surface area contributed by atoms with Crippen LogP contribution in [-0.4, -0.2) is 48.6 Å². The van der Waals surface area contributed by atoms with Gasteiger partial charge in [0.05, 0.1) is 18.5 Å². The monoisotopic (exact) mass is 393 g/mol. The van der Waals surface area contributed by atoms with Crippen molar-refractivity contribution in [2.75, 3.05) is 31.7 Å². The molecule has 148 valence electrons. The number of hydrogen-bond donors (Lipinski definition) is 1. The average Bonchev–Trinajstić information content (AvgIpc) is 3.05. The zero-order valence-corrected chi connectivity index (χ0v) is 17.0. The van der Waals surface area contributed by atoms with Gasteiger partial charge in [-0.2, -0.15) is 0 Å². The van der Waals surface area contributed by atoms with E-state index in [2.05, 4.69) is 15.3 Å². The summed E-state index contributed by atoms with van der Waals surface area (Å²) in [5.74, 6) is 0.252. The second-order valence-electron chi connectivity index (χ2n) is 6.23. The predicted molar refractivity (Wildman–Crippen MR) is 106 cm³/mol. The first-order chi connectivity index (χ1) is 13.2. The second kappa shape index (κ2) is 9.43. The zero-order chi connectivity index (χ0) is 19.2. The predicted octanol–water partition coefficient (Wildman–Crippen LogP) is 3.56. The Balaban J connectivity index is 1.96. The number of thiophene rings is 1. The van der Waals surface area contributed by atoms with Crippen LogP contribution in [0.3, 0.4) is 0 Å². The molecule has 0 saturated heterocycles. The molecule has 0 saturated carbocycles. The summed E-state index contributed by atoms with van der Waals surface area (Å²) in [5, 5.41) is 4.35. The maximum atomic E-state index is 12.2. The van der Waals surface area contributed by atoms with Crippen molar-refractivity contribution in [3.05, 3.63) is 16.3 Å². The molecule has 1 aliphatic carbocycles. The number of nitrogens with zero attached hydrogens (tertiary/aromatic N) is 2. The number of rotatable bonds is 9. The van der Waals surface area contributed by atoms with Gasteiger partial charge in [0.1, 0.15) is 10.6 Å². The van der Waals surface area contributed by atoms with Crippen LogP contribution >= 0.6 is 11.3 Å². The van der Waals surface area contributed by atoms with E-state index in [0.717, 1.165) is 23.1 Å². The largest absolute Gasteiger partial charge is 0.460 e. The van der Waals surface area contributed by atoms with E-state index >= 15 is 0 Å². The standard InChI is InChI=1S/C19H27N3O4S/c1-4-24-14(25-5-2)11-20-16-15-12-9-7-8-10-13(12)27-18(15)22-17(21-16)19(23)26-6-3/h14H,4-11H2,1-3H3,(H,20,21,22). The average molecular weight is 394 g/mol. The first kappa shape index (κ1) is 20.0. The van der Waals surface area contributed by atoms with Crippen molar-refractivity contribution in [2.45, 2.75) is 52.7 Å². The van der Waals surface area contributed by atoms with Gasteiger partial charge in [0, 0.05) is 18.1 Å². The van der Waals surface area contributed by atoms with E-state index in [4.69, 9.17) is 14.2 Å². The van der Waals surface area contributed by atoms with Crippen molar-refractivity contribution in [1.82, 2.24) is 9.97 Å². The molecule has 27 heavy (non-hydrogen) atoms. The lowest BCUT2D eigenvalue weighted by Gasteiger charge is -2.19. The molecular weight excluding hydrogens is 366 g/mol. The normalized spacial score (nSPS) is 13.8. The van der Waals surface area contributed by atoms with Gasteiger partial charge in [-0.15, -0.1) is 11.3 Å². The summed E-state index contributed by atoms with van der Waals surface area (Å²) in [6.07, 6.45) is 4.07. The minimum Gasteiger partial charge on any atom is -0.460 e. The number of nitrogens with one attached hydrogen (secondary N) is 1. The van der Waals surface area contributed by atoms with Gasteiger partial charge < -0.3 is 19.5 Å². The molecule has 0 bridgehead atoms. The van der Waals surface area contributed by atoms with Crippen LogP contribution in [0.4, 0.5) is 5.82 Å². The molecule has 0 aliphatic heterocycles. The fourth-order valence-electron chi connectivity index (χ4n) is 3.29. The highest BCUT2D eigenvalue weighted by Gasteiger charge is 2.23. The van der Waals surface area contributed by atoms with E-state index in [1.807, 2.05) is 13.8 Å². The number of esters is 1. The summed E-state index contributed by atoms with van der Waals surface area (Å²) >= 11 is 1.66. The quantitative estimate of drug-likeness (QED) is 0.515. The van der Waals surface area contributed by atoms with Crippen molar-refractivity contribution < 1.29 is 19.0 Å². The van der Waals surface area contributed by atoms with Crippen LogP contribution in [0.25, 0.3) is 10.2 Å². The minimum absolute atomic E-state index is 0.0924. The highest BCUT2D eigenvalue weighted by molar-refractivity contribution is 7.19. The first-order valence-electron chi connectivity index (χ1n) is 9.64. The van der Waals surface area contributed by atoms with Crippen molar-refractivity contribution >= 4 is 33.3 Å². The van der Waals surface area contributed by atoms with Gasteiger partial charge in [0.25, 0.3) is 0 Å². The lowest BCUT2D eigenvalue weighted by Crippen LogP contribution is -2.27. The molecular formula is C19H27N3O4S. The number of aryl methyl sites for hydroxylation is 2. The van der Waals surface area contributed by atoms with Crippen molar-refractivity contribution in [2.24, 2.45) is 0 Å². The summed E-state index contributed by atoms with van der Waals surface area (Å²) in [6, 6.07) is 0. The fourth-order valence-corrected chi connectivity index (χ4v) is 4.55. The van der Waals surface area contributed by atoms with Crippen LogP contribution in [0.5, 0.6) is 0 Å². The number of anilines is 1. The van der Waals surface area contributed by atoms with Crippen LogP contribution in [0, 0.1) is 0 Å². The lowest BCUT2D eigenvalue weighted by atomic mass is 9.97. The van der Waals surface area contributed by atoms with Crippen molar-refractivity contribution in [3.63, 3.8) is 0 Å². The SMILES string of the molecule is CCOC(=O)c1nc(NCC(OCC)OCC)c2c3c(sc2n1)CCCC3. The third kappa shape index (κ3) is 4.56. The van der Waals surface area contributed by atoms with Crippen LogP contribution in [-0.2, 0) is 27.1 Å². The molecule has 0 aromatic carbocycles. The Bertz CT molecular complexity index is 787. The number of carbonyl (C=O) groups is 1. The molecule has 1 aliphatic rings. The molecule has 0 fully saturated rings. The van der Waals surface area contributed by atoms with Gasteiger partial charge >= 0.3 is 5.97 Å². The summed E-state index contributed by atoms with van der Waals surface area (Å²) in [4.78, 5) is 23.4. The van der Waals surface area contributed by atoms with Crippen molar-refractivity contribution in [1.29, 1.82) is 0 Å². The molecule has 7 nitrogen and oxygen atoms in total. The van der Waals surface area contributed by atoms with Gasteiger partial charge in [0.15, 0.2) is 6.29 Å². The van der Waals surface area contributed by atoms with E-state index in [9.17, 15) is 4.79 Å². The molecule has 0 atom stereocenters. The summed E-state index contributed by atoms with van der Waals surface area (Å²) in [5.41, 5.74) is 1.31. The number of aromatic nitrogens is 2. The van der Waals surface area contributed by atoms with Gasteiger partial charge in [0.2, 0.25) is 5.82 Å². The Labute approximate surface area is 163 Å². The summed E-state index contributed by atoms with van der Waals surface area (Å²) in [7, 11) is 0. The molecule has 0 unspecified atom stereocenters. The van der Waals surface area contributed by atoms with E-state index in [0.29, 0.717) is 32.2 Å². The Morgan fingerprint density at radius 1 is 1.11 bits per heavy atom. The van der Waals surface area contributed by atoms with Gasteiger partial charge in [-0.1, -0.05) is 0 Å². The zero-order valence-electron chi connectivity index (χ0n) is 16.2. The first-order valence-corrected chi connectivity index (χ1v) is 10.5. The molecule has 2 aromatic rings. The Hall–Kier alpha value is -1.77. The van der Waals surface area contributed by atoms with Gasteiger partial charge in [-0.3, -0.25) is 0 Å². The smallest absolute Gasteiger partial charge is 0.376 e. The summed E-state index contributed by atoms with van der Waals surface area (Å²) in [6.45, 7) is 7.50. The van der Waals surface area contributed by atoms with E-state index in [1.165, 1.54) is 23.3 Å². The highest BCUT2D eigenvalue weighted by atomic mass is 32.1. The van der Waals surface area contributed by atoms with Gasteiger partial charge in [-0.05, 0) is 52.0 Å². The number of ether oxygens (including phenoxy) is 3. The van der Waals surface area contributed by atoms with E-state index in [-0.39, 0.29) is 12.1 Å². The summed E-state index contributed by atoms with van der Waals surface area (Å²) < 4.78 is 16.3. The number of fused-ring (bicyclic) bond motifs is 3. The maximum Gasteiger partial charge on any atom is 0.376 e. The Kier molecular flexibility index (Phi) is 6.98. The van der Waals surface area contributed by atoms with Crippen LogP contribution in [0.15, 0.2) is 0 Å². The van der Waals surface area contributed by atoms with Crippen LogP contribution in [0.1, 0.15) is 54.7 Å². The molecule has 0 amide bonds. The third-order valence-electron chi connectivity index (χ3n) is 4.41. The number of hydrogen-bond acceptors (Lipinski definition) is 8. The second-order valence-corrected chi connectivity index (χ2v) is 7.31. The van der Waals surface area contributed by atoms with Crippen molar-refractivity contribution in [3.8, 4) is 0 Å². The fraction of sp³-hybridized carbons (Fsp3) is 0.632. The molecule has 0 radical (unpaired) electrons. The van der Waals surface area contributed by atoms with E-state index < -0.39 is 5.97 Å². The van der Waals surface area contributed by atoms with Crippen LogP contribution in [0.2, 0.25) is 0 Å². The third-order valence-corrected chi connectivity index (χ3v) is 5.60. The molecule has 3 rings (SSSR count). The minimum atomic E-state index is -0.500. The Morgan fingerprint density at radius 3 is 2.56 bits per heavy atom. The molecule has 0 spiro atoms. The molecule has 1 N–H and O–H groups in total. The topological polar surface area (TPSA) is 82.6 Å². The highest BCUT2D eigenvalue weighted by Crippen LogP contribution is 2.38. The van der Waals surface area contributed by atoms with Crippen LogP contribution < -0.4 is 5.32 Å². The molecule has 2 heterocycles. The molecule has 8 heteroatoms. The van der Waals surface area contributed by atoms with Gasteiger partial charge in [-0.25, -0.2) is 14.8 Å². The Morgan fingerprint density at radius 2 is 1.85 bits per heavy atom. The molecule has 2 aromatic heterocycles.